The van der Waals surface area contributed by atoms with E-state index in [2.05, 4.69) is 11.6 Å². The number of Topliss-reactive ketones (excluding diaryl/α,β-unsaturated/α-hetero) is 1. The molecule has 39 heavy (non-hydrogen) atoms. The van der Waals surface area contributed by atoms with Gasteiger partial charge in [-0.3, -0.25) is 24.6 Å². The summed E-state index contributed by atoms with van der Waals surface area (Å²) in [6.45, 7) is 6.79. The molecule has 1 aliphatic rings. The number of aliphatic hydroxyl groups is 1. The predicted molar refractivity (Wildman–Crippen MR) is 143 cm³/mol. The average Bonchev–Trinajstić information content (AvgIpc) is 3.43. The zero-order valence-electron chi connectivity index (χ0n) is 21.2. The molecule has 1 amide bonds. The number of aromatic nitrogens is 1. The molecule has 1 saturated heterocycles. The summed E-state index contributed by atoms with van der Waals surface area (Å²) in [6.07, 6.45) is 1.41. The Morgan fingerprint density at radius 1 is 1.23 bits per heavy atom. The van der Waals surface area contributed by atoms with E-state index in [4.69, 9.17) is 9.47 Å². The van der Waals surface area contributed by atoms with Gasteiger partial charge in [-0.1, -0.05) is 24.0 Å². The summed E-state index contributed by atoms with van der Waals surface area (Å²) in [5.74, 6) is -2.51. The highest BCUT2D eigenvalue weighted by atomic mass is 32.1. The summed E-state index contributed by atoms with van der Waals surface area (Å²) in [6, 6.07) is 8.85. The molecule has 11 nitrogen and oxygen atoms in total. The van der Waals surface area contributed by atoms with Gasteiger partial charge in [0.05, 0.1) is 29.3 Å². The minimum absolute atomic E-state index is 0.0217. The van der Waals surface area contributed by atoms with Crippen molar-refractivity contribution in [2.45, 2.75) is 19.9 Å². The molecule has 200 valence electrons. The van der Waals surface area contributed by atoms with E-state index in [-0.39, 0.29) is 39.1 Å². The zero-order chi connectivity index (χ0) is 28.4. The van der Waals surface area contributed by atoms with Crippen LogP contribution in [0.1, 0.15) is 38.1 Å². The average molecular weight is 550 g/mol. The maximum atomic E-state index is 13.4. The molecule has 1 atom stereocenters. The number of nitro benzene ring substituents is 1. The van der Waals surface area contributed by atoms with E-state index in [9.17, 15) is 29.6 Å². The van der Waals surface area contributed by atoms with Gasteiger partial charge in [-0.2, -0.15) is 0 Å². The highest BCUT2D eigenvalue weighted by molar-refractivity contribution is 7.17. The van der Waals surface area contributed by atoms with Crippen molar-refractivity contribution in [3.63, 3.8) is 0 Å². The Hall–Kier alpha value is -4.84. The molecule has 0 bridgehead atoms. The topological polar surface area (TPSA) is 149 Å². The maximum absolute atomic E-state index is 13.4. The van der Waals surface area contributed by atoms with Gasteiger partial charge < -0.3 is 14.6 Å². The number of carbonyl (C=O) groups excluding carboxylic acids is 3. The van der Waals surface area contributed by atoms with Gasteiger partial charge in [0.15, 0.2) is 5.13 Å². The zero-order valence-corrected chi connectivity index (χ0v) is 22.0. The number of non-ortho nitro benzene ring substituents is 1. The van der Waals surface area contributed by atoms with Crippen molar-refractivity contribution in [1.29, 1.82) is 0 Å². The number of aryl methyl sites for hydroxylation is 2. The quantitative estimate of drug-likeness (QED) is 0.0806. The molecule has 1 aliphatic heterocycles. The van der Waals surface area contributed by atoms with Crippen molar-refractivity contribution in [1.82, 2.24) is 4.98 Å². The number of rotatable bonds is 8. The highest BCUT2D eigenvalue weighted by Gasteiger charge is 2.48. The number of aliphatic hydroxyl groups excluding tert-OH is 1. The van der Waals surface area contributed by atoms with Gasteiger partial charge in [0.2, 0.25) is 0 Å². The van der Waals surface area contributed by atoms with Crippen molar-refractivity contribution in [2.24, 2.45) is 0 Å². The van der Waals surface area contributed by atoms with Crippen LogP contribution in [0.3, 0.4) is 0 Å². The van der Waals surface area contributed by atoms with E-state index in [0.717, 1.165) is 16.2 Å². The largest absolute Gasteiger partial charge is 0.507 e. The number of ketones is 1. The van der Waals surface area contributed by atoms with Crippen LogP contribution in [0.4, 0.5) is 10.8 Å². The molecule has 0 spiro atoms. The first kappa shape index (κ1) is 27.2. The van der Waals surface area contributed by atoms with E-state index in [1.807, 2.05) is 0 Å². The lowest BCUT2D eigenvalue weighted by Crippen LogP contribution is -2.29. The van der Waals surface area contributed by atoms with Gasteiger partial charge in [-0.05, 0) is 55.3 Å². The molecule has 2 heterocycles. The summed E-state index contributed by atoms with van der Waals surface area (Å²) in [5.41, 5.74) is 1.11. The Bertz CT molecular complexity index is 1540. The molecule has 2 aromatic carbocycles. The van der Waals surface area contributed by atoms with E-state index in [1.165, 1.54) is 37.5 Å². The van der Waals surface area contributed by atoms with E-state index >= 15 is 0 Å². The predicted octanol–water partition coefficient (Wildman–Crippen LogP) is 4.65. The minimum Gasteiger partial charge on any atom is -0.507 e. The fourth-order valence-corrected chi connectivity index (χ4v) is 5.17. The number of nitrogens with zero attached hydrogens (tertiary/aromatic N) is 3. The molecule has 1 fully saturated rings. The van der Waals surface area contributed by atoms with Crippen LogP contribution < -0.4 is 9.64 Å². The van der Waals surface area contributed by atoms with Crippen molar-refractivity contribution >= 4 is 45.6 Å². The van der Waals surface area contributed by atoms with E-state index < -0.39 is 34.4 Å². The number of anilines is 1. The first-order valence-electron chi connectivity index (χ1n) is 11.5. The molecule has 4 rings (SSSR count). The number of benzene rings is 2. The van der Waals surface area contributed by atoms with Gasteiger partial charge in [-0.25, -0.2) is 9.78 Å². The van der Waals surface area contributed by atoms with Gasteiger partial charge in [0.1, 0.15) is 23.0 Å². The van der Waals surface area contributed by atoms with Crippen LogP contribution in [0.2, 0.25) is 0 Å². The van der Waals surface area contributed by atoms with Crippen LogP contribution in [0, 0.1) is 24.0 Å². The first-order valence-corrected chi connectivity index (χ1v) is 12.4. The molecule has 0 unspecified atom stereocenters. The standard InChI is InChI=1S/C27H23N3O8S/c1-5-12-38-26(34)24-15(3)28-27(39-24)29-21(16-6-9-18(10-7-16)30(35)36)20(23(32)25(29)33)22(31)17-8-11-19(37-4)14(2)13-17/h5-11,13,21,31H,1,12H2,2-4H3/t21-/m1/s1. The van der Waals surface area contributed by atoms with Crippen molar-refractivity contribution in [3.05, 3.63) is 98.1 Å². The van der Waals surface area contributed by atoms with Gasteiger partial charge in [-0.15, -0.1) is 0 Å². The summed E-state index contributed by atoms with van der Waals surface area (Å²) in [4.78, 5) is 55.4. The van der Waals surface area contributed by atoms with Crippen LogP contribution in [0.25, 0.3) is 5.76 Å². The Labute approximate surface area is 226 Å². The Morgan fingerprint density at radius 3 is 2.51 bits per heavy atom. The van der Waals surface area contributed by atoms with Crippen LogP contribution in [-0.2, 0) is 14.3 Å². The molecule has 0 saturated carbocycles. The van der Waals surface area contributed by atoms with Crippen LogP contribution >= 0.6 is 11.3 Å². The third kappa shape index (κ3) is 5.01. The Morgan fingerprint density at radius 2 is 1.92 bits per heavy atom. The molecule has 1 aromatic heterocycles. The number of methoxy groups -OCH3 is 1. The third-order valence-corrected chi connectivity index (χ3v) is 7.18. The minimum atomic E-state index is -1.18. The SMILES string of the molecule is C=CCOC(=O)c1sc(N2C(=O)C(=O)C(=C(O)c3ccc(OC)c(C)c3)[C@H]2c2ccc([N+](=O)[O-])cc2)nc1C. The number of hydrogen-bond acceptors (Lipinski definition) is 10. The van der Waals surface area contributed by atoms with Gasteiger partial charge in [0.25, 0.3) is 11.5 Å². The molecule has 0 radical (unpaired) electrons. The number of carbonyl (C=O) groups is 3. The maximum Gasteiger partial charge on any atom is 0.350 e. The second-order valence-corrected chi connectivity index (χ2v) is 9.48. The lowest BCUT2D eigenvalue weighted by molar-refractivity contribution is -0.384. The molecular weight excluding hydrogens is 526 g/mol. The second-order valence-electron chi connectivity index (χ2n) is 8.50. The summed E-state index contributed by atoms with van der Waals surface area (Å²) >= 11 is 0.848. The fraction of sp³-hybridized carbons (Fsp3) is 0.185. The van der Waals surface area contributed by atoms with Gasteiger partial charge >= 0.3 is 11.9 Å². The number of nitro groups is 1. The third-order valence-electron chi connectivity index (χ3n) is 6.04. The Balaban J connectivity index is 1.90. The lowest BCUT2D eigenvalue weighted by atomic mass is 9.94. The van der Waals surface area contributed by atoms with Crippen molar-refractivity contribution < 1.29 is 33.9 Å². The lowest BCUT2D eigenvalue weighted by Gasteiger charge is -2.23. The van der Waals surface area contributed by atoms with Crippen LogP contribution in [0.15, 0.2) is 60.7 Å². The summed E-state index contributed by atoms with van der Waals surface area (Å²) in [5, 5.41) is 22.5. The number of hydrogen-bond donors (Lipinski definition) is 1. The normalized spacial score (nSPS) is 16.3. The first-order chi connectivity index (χ1) is 18.6. The molecule has 0 aliphatic carbocycles. The summed E-state index contributed by atoms with van der Waals surface area (Å²) in [7, 11) is 1.50. The fourth-order valence-electron chi connectivity index (χ4n) is 4.18. The van der Waals surface area contributed by atoms with Crippen molar-refractivity contribution in [3.8, 4) is 5.75 Å². The highest BCUT2D eigenvalue weighted by Crippen LogP contribution is 2.44. The molecular formula is C27H23N3O8S. The molecule has 12 heteroatoms. The van der Waals surface area contributed by atoms with Crippen LogP contribution in [0.5, 0.6) is 5.75 Å². The number of amides is 1. The second kappa shape index (κ2) is 10.9. The van der Waals surface area contributed by atoms with Crippen molar-refractivity contribution in [2.75, 3.05) is 18.6 Å². The monoisotopic (exact) mass is 549 g/mol. The molecule has 1 N–H and O–H groups in total. The van der Waals surface area contributed by atoms with Gasteiger partial charge in [0, 0.05) is 17.7 Å². The molecule has 3 aromatic rings. The van der Waals surface area contributed by atoms with E-state index in [0.29, 0.717) is 16.9 Å². The van der Waals surface area contributed by atoms with E-state index in [1.54, 1.807) is 32.0 Å². The summed E-state index contributed by atoms with van der Waals surface area (Å²) < 4.78 is 10.4. The number of ether oxygens (including phenoxy) is 2. The van der Waals surface area contributed by atoms with Crippen LogP contribution in [-0.4, -0.2) is 46.4 Å². The smallest absolute Gasteiger partial charge is 0.350 e. The number of thiazole rings is 1. The Kier molecular flexibility index (Phi) is 7.58. The number of esters is 1.